The molecular weight excluding hydrogens is 379 g/mol. The number of carbonyl (C=O) groups excluding carboxylic acids is 1. The van der Waals surface area contributed by atoms with Gasteiger partial charge in [0.25, 0.3) is 5.91 Å². The van der Waals surface area contributed by atoms with E-state index in [1.807, 2.05) is 31.2 Å². The first-order valence-corrected chi connectivity index (χ1v) is 10.7. The van der Waals surface area contributed by atoms with Gasteiger partial charge in [-0.05, 0) is 43.2 Å². The number of sulfonamides is 1. The van der Waals surface area contributed by atoms with Crippen molar-refractivity contribution in [3.8, 4) is 0 Å². The summed E-state index contributed by atoms with van der Waals surface area (Å²) in [6, 6.07) is 13.1. The van der Waals surface area contributed by atoms with Gasteiger partial charge in [0.15, 0.2) is 0 Å². The number of amides is 1. The van der Waals surface area contributed by atoms with Gasteiger partial charge in [-0.25, -0.2) is 12.8 Å². The second kappa shape index (κ2) is 8.67. The molecule has 2 aromatic rings. The summed E-state index contributed by atoms with van der Waals surface area (Å²) < 4.78 is 40.1. The first kappa shape index (κ1) is 20.2. The van der Waals surface area contributed by atoms with Gasteiger partial charge in [-0.1, -0.05) is 35.9 Å². The van der Waals surface area contributed by atoms with E-state index in [0.717, 1.165) is 11.1 Å². The minimum Gasteiger partial charge on any atom is -0.337 e. The third-order valence-corrected chi connectivity index (χ3v) is 6.25. The Morgan fingerprint density at radius 3 is 2.50 bits per heavy atom. The number of aryl methyl sites for hydroxylation is 1. The minimum absolute atomic E-state index is 0.210. The summed E-state index contributed by atoms with van der Waals surface area (Å²) >= 11 is 0. The summed E-state index contributed by atoms with van der Waals surface area (Å²) in [4.78, 5) is 14.2. The van der Waals surface area contributed by atoms with Crippen molar-refractivity contribution in [3.05, 3.63) is 76.4 Å². The van der Waals surface area contributed by atoms with Gasteiger partial charge in [-0.15, -0.1) is 0 Å². The Labute approximate surface area is 165 Å². The molecule has 0 bridgehead atoms. The number of halogens is 1. The molecule has 0 aromatic heterocycles. The smallest absolute Gasteiger partial charge is 0.254 e. The summed E-state index contributed by atoms with van der Waals surface area (Å²) in [5.41, 5.74) is 2.19. The van der Waals surface area contributed by atoms with Crippen molar-refractivity contribution in [2.45, 2.75) is 13.3 Å². The molecule has 3 rings (SSSR count). The maximum Gasteiger partial charge on any atom is 0.254 e. The van der Waals surface area contributed by atoms with E-state index in [1.54, 1.807) is 17.0 Å². The molecule has 0 spiro atoms. The van der Waals surface area contributed by atoms with Crippen molar-refractivity contribution in [2.75, 3.05) is 26.2 Å². The van der Waals surface area contributed by atoms with Crippen LogP contribution in [-0.4, -0.2) is 49.7 Å². The van der Waals surface area contributed by atoms with Crippen LogP contribution in [0.4, 0.5) is 4.39 Å². The molecule has 5 nitrogen and oxygen atoms in total. The van der Waals surface area contributed by atoms with Crippen molar-refractivity contribution >= 4 is 22.0 Å². The molecular formula is C21H23FN2O3S. The van der Waals surface area contributed by atoms with Crippen molar-refractivity contribution < 1.29 is 17.6 Å². The predicted octanol–water partition coefficient (Wildman–Crippen LogP) is 3.28. The van der Waals surface area contributed by atoms with Crippen molar-refractivity contribution in [2.24, 2.45) is 0 Å². The zero-order chi connectivity index (χ0) is 20.1. The maximum absolute atomic E-state index is 13.4. The molecule has 1 aliphatic heterocycles. The lowest BCUT2D eigenvalue weighted by Crippen LogP contribution is -2.36. The van der Waals surface area contributed by atoms with Crippen molar-refractivity contribution in [1.82, 2.24) is 9.21 Å². The highest BCUT2D eigenvalue weighted by molar-refractivity contribution is 7.92. The van der Waals surface area contributed by atoms with Crippen molar-refractivity contribution in [3.63, 3.8) is 0 Å². The molecule has 28 heavy (non-hydrogen) atoms. The average molecular weight is 402 g/mol. The van der Waals surface area contributed by atoms with E-state index < -0.39 is 15.8 Å². The average Bonchev–Trinajstić information content (AvgIpc) is 2.94. The van der Waals surface area contributed by atoms with Gasteiger partial charge in [0.2, 0.25) is 10.0 Å². The zero-order valence-corrected chi connectivity index (χ0v) is 16.5. The van der Waals surface area contributed by atoms with E-state index in [9.17, 15) is 17.6 Å². The lowest BCUT2D eigenvalue weighted by molar-refractivity contribution is 0.0764. The number of hydrogen-bond donors (Lipinski definition) is 0. The number of nitrogens with zero attached hydrogens (tertiary/aromatic N) is 2. The summed E-state index contributed by atoms with van der Waals surface area (Å²) in [7, 11) is -3.58. The SMILES string of the molecule is Cc1ccc(/C=C/S(=O)(=O)N2CCCN(C(=O)c3cccc(F)c3)CC2)cc1. The maximum atomic E-state index is 13.4. The Morgan fingerprint density at radius 2 is 1.79 bits per heavy atom. The van der Waals surface area contributed by atoms with E-state index in [4.69, 9.17) is 0 Å². The lowest BCUT2D eigenvalue weighted by atomic mass is 10.2. The van der Waals surface area contributed by atoms with Gasteiger partial charge in [0.1, 0.15) is 5.82 Å². The van der Waals surface area contributed by atoms with Gasteiger partial charge in [-0.3, -0.25) is 4.79 Å². The molecule has 0 aliphatic carbocycles. The van der Waals surface area contributed by atoms with Crippen LogP contribution < -0.4 is 0 Å². The highest BCUT2D eigenvalue weighted by atomic mass is 32.2. The highest BCUT2D eigenvalue weighted by Crippen LogP contribution is 2.15. The van der Waals surface area contributed by atoms with Crippen LogP contribution >= 0.6 is 0 Å². The molecule has 0 radical (unpaired) electrons. The largest absolute Gasteiger partial charge is 0.337 e. The van der Waals surface area contributed by atoms with Crippen LogP contribution in [0, 0.1) is 12.7 Å². The molecule has 148 valence electrons. The highest BCUT2D eigenvalue weighted by Gasteiger charge is 2.25. The molecule has 0 N–H and O–H groups in total. The van der Waals surface area contributed by atoms with Crippen LogP contribution in [0.3, 0.4) is 0 Å². The predicted molar refractivity (Wildman–Crippen MR) is 108 cm³/mol. The van der Waals surface area contributed by atoms with Gasteiger partial charge in [0, 0.05) is 37.2 Å². The molecule has 0 saturated carbocycles. The molecule has 1 amide bonds. The van der Waals surface area contributed by atoms with Gasteiger partial charge in [0.05, 0.1) is 0 Å². The number of hydrogen-bond acceptors (Lipinski definition) is 3. The van der Waals surface area contributed by atoms with Gasteiger partial charge < -0.3 is 4.90 Å². The summed E-state index contributed by atoms with van der Waals surface area (Å²) in [6.07, 6.45) is 2.11. The van der Waals surface area contributed by atoms with E-state index in [2.05, 4.69) is 0 Å². The summed E-state index contributed by atoms with van der Waals surface area (Å²) in [5.74, 6) is -0.750. The Hall–Kier alpha value is -2.51. The van der Waals surface area contributed by atoms with Gasteiger partial charge in [-0.2, -0.15) is 4.31 Å². The number of benzene rings is 2. The number of rotatable bonds is 4. The monoisotopic (exact) mass is 402 g/mol. The summed E-state index contributed by atoms with van der Waals surface area (Å²) in [5, 5.41) is 1.21. The van der Waals surface area contributed by atoms with Crippen LogP contribution in [-0.2, 0) is 10.0 Å². The van der Waals surface area contributed by atoms with Crippen LogP contribution in [0.5, 0.6) is 0 Å². The molecule has 0 atom stereocenters. The fourth-order valence-corrected chi connectivity index (χ4v) is 4.30. The Morgan fingerprint density at radius 1 is 1.04 bits per heavy atom. The standard InChI is InChI=1S/C21H23FN2O3S/c1-17-6-8-18(9-7-17)10-15-28(26,27)24-12-3-11-23(13-14-24)21(25)19-4-2-5-20(22)16-19/h2,4-10,15-16H,3,11-14H2,1H3/b15-10+. The normalized spacial score (nSPS) is 16.3. The summed E-state index contributed by atoms with van der Waals surface area (Å²) in [6.45, 7) is 3.23. The third-order valence-electron chi connectivity index (χ3n) is 4.68. The van der Waals surface area contributed by atoms with Gasteiger partial charge >= 0.3 is 0 Å². The van der Waals surface area contributed by atoms with E-state index >= 15 is 0 Å². The lowest BCUT2D eigenvalue weighted by Gasteiger charge is -2.21. The van der Waals surface area contributed by atoms with Crippen LogP contribution in [0.25, 0.3) is 6.08 Å². The topological polar surface area (TPSA) is 57.7 Å². The molecule has 1 aliphatic rings. The Kier molecular flexibility index (Phi) is 6.26. The first-order valence-electron chi connectivity index (χ1n) is 9.15. The van der Waals surface area contributed by atoms with Crippen LogP contribution in [0.15, 0.2) is 53.9 Å². The van der Waals surface area contributed by atoms with Crippen LogP contribution in [0.1, 0.15) is 27.9 Å². The Bertz CT molecular complexity index is 971. The van der Waals surface area contributed by atoms with E-state index in [-0.39, 0.29) is 24.6 Å². The number of carbonyl (C=O) groups is 1. The molecule has 2 aromatic carbocycles. The fourth-order valence-electron chi connectivity index (χ4n) is 3.08. The molecule has 1 heterocycles. The fraction of sp³-hybridized carbons (Fsp3) is 0.286. The Balaban J connectivity index is 1.66. The molecule has 7 heteroatoms. The minimum atomic E-state index is -3.58. The van der Waals surface area contributed by atoms with E-state index in [0.29, 0.717) is 19.5 Å². The third kappa shape index (κ3) is 5.05. The molecule has 0 unspecified atom stereocenters. The second-order valence-electron chi connectivity index (χ2n) is 6.81. The first-order chi connectivity index (χ1) is 13.3. The van der Waals surface area contributed by atoms with Crippen molar-refractivity contribution in [1.29, 1.82) is 0 Å². The van der Waals surface area contributed by atoms with Crippen LogP contribution in [0.2, 0.25) is 0 Å². The quantitative estimate of drug-likeness (QED) is 0.789. The second-order valence-corrected chi connectivity index (χ2v) is 8.63. The van der Waals surface area contributed by atoms with E-state index in [1.165, 1.54) is 27.9 Å². The molecule has 1 fully saturated rings. The molecule has 1 saturated heterocycles. The zero-order valence-electron chi connectivity index (χ0n) is 15.7.